The number of hydrogen-bond acceptors (Lipinski definition) is 3. The van der Waals surface area contributed by atoms with Crippen LogP contribution < -0.4 is 4.74 Å². The third kappa shape index (κ3) is 3.53. The molecule has 3 nitrogen and oxygen atoms in total. The average molecular weight is 290 g/mol. The molecular weight excluding hydrogens is 250 g/mol. The Balaban J connectivity index is 2.90. The molecule has 112 valence electrons. The number of nitrogens with zero attached hydrogens (tertiary/aromatic N) is 1. The molecule has 0 heterocycles. The lowest BCUT2D eigenvalue weighted by Crippen LogP contribution is -2.42. The minimum absolute atomic E-state index is 0.0174. The molecule has 1 fully saturated rings. The van der Waals surface area contributed by atoms with Crippen molar-refractivity contribution in [2.45, 2.75) is 43.4 Å². The first-order chi connectivity index (χ1) is 14.6. The summed E-state index contributed by atoms with van der Waals surface area (Å²) in [5.74, 6) is -1.49. The molecule has 0 spiro atoms. The Kier molecular flexibility index (Phi) is 1.85. The second kappa shape index (κ2) is 6.59. The van der Waals surface area contributed by atoms with Crippen LogP contribution in [0.3, 0.4) is 0 Å². The van der Waals surface area contributed by atoms with Gasteiger partial charge in [0, 0.05) is 30.3 Å². The van der Waals surface area contributed by atoms with Crippen molar-refractivity contribution in [1.29, 1.82) is 0 Å². The molecule has 1 aromatic carbocycles. The third-order valence-corrected chi connectivity index (χ3v) is 3.11. The van der Waals surface area contributed by atoms with Gasteiger partial charge in [-0.15, -0.1) is 0 Å². The summed E-state index contributed by atoms with van der Waals surface area (Å²) < 4.78 is 110. The van der Waals surface area contributed by atoms with E-state index in [9.17, 15) is 5.11 Å². The molecule has 0 amide bonds. The van der Waals surface area contributed by atoms with E-state index in [0.29, 0.717) is 5.75 Å². The quantitative estimate of drug-likeness (QED) is 0.905. The fraction of sp³-hybridized carbons (Fsp3) is 0.647. The van der Waals surface area contributed by atoms with Crippen LogP contribution in [0.25, 0.3) is 0 Å². The molecule has 0 aromatic heterocycles. The Morgan fingerprint density at radius 1 is 1.35 bits per heavy atom. The average Bonchev–Trinajstić information content (AvgIpc) is 2.69. The molecule has 1 N–H and O–H groups in total. The van der Waals surface area contributed by atoms with E-state index in [-0.39, 0.29) is 5.56 Å². The van der Waals surface area contributed by atoms with E-state index in [2.05, 4.69) is 0 Å². The van der Waals surface area contributed by atoms with Gasteiger partial charge in [-0.1, -0.05) is 31.3 Å². The molecule has 1 saturated carbocycles. The van der Waals surface area contributed by atoms with Gasteiger partial charge in [-0.2, -0.15) is 0 Å². The highest BCUT2D eigenvalue weighted by atomic mass is 16.5. The summed E-state index contributed by atoms with van der Waals surface area (Å²) in [5, 5.41) is 11.7. The normalized spacial score (nSPS) is 42.7. The zero-order chi connectivity index (χ0) is 26.1. The topological polar surface area (TPSA) is 32.7 Å². The number of hydrogen-bond donors (Lipinski definition) is 1. The molecule has 1 aliphatic carbocycles. The van der Waals surface area contributed by atoms with Crippen molar-refractivity contribution in [3.8, 4) is 5.75 Å². The minimum atomic E-state index is -3.72. The van der Waals surface area contributed by atoms with E-state index in [1.165, 1.54) is 31.4 Å². The lowest BCUT2D eigenvalue weighted by atomic mass is 9.72. The predicted molar refractivity (Wildman–Crippen MR) is 82.3 cm³/mol. The number of aliphatic hydroxyl groups is 1. The Morgan fingerprint density at radius 3 is 2.55 bits per heavy atom. The lowest BCUT2D eigenvalue weighted by Gasteiger charge is -2.40. The summed E-state index contributed by atoms with van der Waals surface area (Å²) in [5.41, 5.74) is -3.57. The van der Waals surface area contributed by atoms with Gasteiger partial charge in [-0.3, -0.25) is 0 Å². The molecule has 0 bridgehead atoms. The van der Waals surface area contributed by atoms with Crippen LogP contribution in [0.4, 0.5) is 0 Å². The Morgan fingerprint density at radius 2 is 2.00 bits per heavy atom. The number of methoxy groups -OCH3 is 1. The van der Waals surface area contributed by atoms with Crippen molar-refractivity contribution in [2.24, 2.45) is 0 Å². The Bertz CT molecular complexity index is 837. The molecule has 0 unspecified atom stereocenters. The zero-order valence-corrected chi connectivity index (χ0v) is 11.4. The maximum Gasteiger partial charge on any atom is 0.118 e. The molecule has 0 saturated heterocycles. The first kappa shape index (κ1) is 5.62. The highest BCUT2D eigenvalue weighted by Crippen LogP contribution is 2.40. The Labute approximate surface area is 140 Å². The van der Waals surface area contributed by atoms with Crippen LogP contribution >= 0.6 is 0 Å². The van der Waals surface area contributed by atoms with Gasteiger partial charge in [0.25, 0.3) is 0 Å². The SMILES string of the molecule is [2H]C([2H])([2H])N(C)C[C@H](c1ccc(OC)cc1)C1(O)C([2H])([2H])C([2H])([2H])C([2H])([2H])C([2H])([2H])C1([2H])[2H]. The fourth-order valence-corrected chi connectivity index (χ4v) is 2.08. The molecule has 1 atom stereocenters. The number of ether oxygens (including phenoxy) is 1. The van der Waals surface area contributed by atoms with Crippen LogP contribution in [-0.4, -0.2) is 43.3 Å². The van der Waals surface area contributed by atoms with E-state index in [1.807, 2.05) is 0 Å². The highest BCUT2D eigenvalue weighted by molar-refractivity contribution is 5.31. The largest absolute Gasteiger partial charge is 0.497 e. The van der Waals surface area contributed by atoms with Gasteiger partial charge in [-0.05, 0) is 44.5 Å². The van der Waals surface area contributed by atoms with Crippen LogP contribution in [0, 0.1) is 0 Å². The molecule has 0 radical (unpaired) electrons. The van der Waals surface area contributed by atoms with Crippen molar-refractivity contribution in [1.82, 2.24) is 4.90 Å². The summed E-state index contributed by atoms with van der Waals surface area (Å²) in [6.07, 6.45) is -18.5. The van der Waals surface area contributed by atoms with E-state index in [0.717, 1.165) is 11.9 Å². The first-order valence-corrected chi connectivity index (χ1v) is 6.13. The molecule has 2 rings (SSSR count). The summed E-state index contributed by atoms with van der Waals surface area (Å²) in [4.78, 5) is 0.723. The summed E-state index contributed by atoms with van der Waals surface area (Å²) >= 11 is 0. The van der Waals surface area contributed by atoms with Gasteiger partial charge in [0.15, 0.2) is 0 Å². The minimum Gasteiger partial charge on any atom is -0.497 e. The van der Waals surface area contributed by atoms with Crippen LogP contribution in [0.15, 0.2) is 24.3 Å². The van der Waals surface area contributed by atoms with E-state index < -0.39 is 56.9 Å². The smallest absolute Gasteiger partial charge is 0.118 e. The van der Waals surface area contributed by atoms with Crippen molar-refractivity contribution in [3.63, 3.8) is 0 Å². The molecule has 1 aromatic rings. The monoisotopic (exact) mass is 290 g/mol. The second-order valence-corrected chi connectivity index (χ2v) is 4.60. The lowest BCUT2D eigenvalue weighted by molar-refractivity contribution is -0.0277. The van der Waals surface area contributed by atoms with Gasteiger partial charge in [0.05, 0.1) is 12.7 Å². The number of likely N-dealkylation sites (N-methyl/N-ethyl adjacent to an activating group) is 1. The van der Waals surface area contributed by atoms with Crippen molar-refractivity contribution >= 4 is 0 Å². The van der Waals surface area contributed by atoms with E-state index >= 15 is 0 Å². The first-order valence-electron chi connectivity index (χ1n) is 12.6. The van der Waals surface area contributed by atoms with Gasteiger partial charge in [0.2, 0.25) is 0 Å². The van der Waals surface area contributed by atoms with Crippen molar-refractivity contribution in [2.75, 3.05) is 27.7 Å². The summed E-state index contributed by atoms with van der Waals surface area (Å²) in [6.45, 7) is -3.49. The molecule has 3 heteroatoms. The number of rotatable bonds is 5. The van der Waals surface area contributed by atoms with Gasteiger partial charge >= 0.3 is 0 Å². The third-order valence-electron chi connectivity index (χ3n) is 3.11. The maximum absolute atomic E-state index is 11.7. The van der Waals surface area contributed by atoms with Crippen LogP contribution in [0.5, 0.6) is 5.75 Å². The van der Waals surface area contributed by atoms with Crippen LogP contribution in [0.1, 0.15) is 61.2 Å². The molecule has 0 aliphatic heterocycles. The Hall–Kier alpha value is -1.06. The van der Waals surface area contributed by atoms with E-state index in [4.69, 9.17) is 22.6 Å². The van der Waals surface area contributed by atoms with Crippen molar-refractivity contribution < 1.29 is 27.7 Å². The van der Waals surface area contributed by atoms with Gasteiger partial charge < -0.3 is 14.7 Å². The second-order valence-electron chi connectivity index (χ2n) is 4.60. The van der Waals surface area contributed by atoms with E-state index in [1.54, 1.807) is 0 Å². The number of benzene rings is 1. The molecule has 1 aliphatic rings. The van der Waals surface area contributed by atoms with Gasteiger partial charge in [-0.25, -0.2) is 0 Å². The molecule has 20 heavy (non-hydrogen) atoms. The van der Waals surface area contributed by atoms with Crippen LogP contribution in [-0.2, 0) is 0 Å². The summed E-state index contributed by atoms with van der Waals surface area (Å²) in [6, 6.07) is 5.37. The molecular formula is C17H27NO2. The summed E-state index contributed by atoms with van der Waals surface area (Å²) in [7, 11) is 2.48. The van der Waals surface area contributed by atoms with Crippen LogP contribution in [0.2, 0.25) is 0 Å². The standard InChI is InChI=1S/C17H27NO2/c1-18(2)13-16(17(19)11-5-4-6-12-17)14-7-9-15(20-3)10-8-14/h7-10,16,19H,4-6,11-13H2,1-3H3/t16-/m1/s1/i1D3,4D2,5D2,6D2,11D2,12D2. The highest BCUT2D eigenvalue weighted by Gasteiger charge is 2.38. The van der Waals surface area contributed by atoms with Crippen molar-refractivity contribution in [3.05, 3.63) is 29.8 Å². The van der Waals surface area contributed by atoms with Gasteiger partial charge in [0.1, 0.15) is 5.75 Å². The zero-order valence-electron chi connectivity index (χ0n) is 24.4. The fourth-order valence-electron chi connectivity index (χ4n) is 2.08. The predicted octanol–water partition coefficient (Wildman–Crippen LogP) is 3.04. The maximum atomic E-state index is 11.7.